The van der Waals surface area contributed by atoms with E-state index in [1.54, 1.807) is 22.7 Å². The maximum absolute atomic E-state index is 4.67. The van der Waals surface area contributed by atoms with Crippen LogP contribution in [0.4, 0.5) is 0 Å². The molecule has 3 aromatic rings. The average Bonchev–Trinajstić information content (AvgIpc) is 3.36. The summed E-state index contributed by atoms with van der Waals surface area (Å²) in [6.07, 6.45) is 0.987. The topological polar surface area (TPSA) is 67.1 Å². The Balaban J connectivity index is 1.59. The fourth-order valence-corrected chi connectivity index (χ4v) is 3.61. The fourth-order valence-electron chi connectivity index (χ4n) is 2.26. The standard InChI is InChI=1S/C17H22N6S2/c1-13-21-22-16(23(13)2)12-20-17(19-11-15-6-4-10-25-15)18-8-7-14-5-3-9-24-14/h3-6,9-10H,7-8,11-12H2,1-2H3,(H2,18,19,20). The van der Waals surface area contributed by atoms with Gasteiger partial charge in [0.2, 0.25) is 0 Å². The molecule has 0 atom stereocenters. The normalized spacial score (nSPS) is 11.7. The molecule has 0 aliphatic rings. The number of hydrogen-bond donors (Lipinski definition) is 2. The number of aromatic nitrogens is 3. The molecule has 0 unspecified atom stereocenters. The third-order valence-electron chi connectivity index (χ3n) is 3.82. The first-order valence-electron chi connectivity index (χ1n) is 8.14. The van der Waals surface area contributed by atoms with Crippen molar-refractivity contribution in [1.82, 2.24) is 25.4 Å². The summed E-state index contributed by atoms with van der Waals surface area (Å²) in [7, 11) is 1.96. The van der Waals surface area contributed by atoms with Crippen LogP contribution in [0.25, 0.3) is 0 Å². The third kappa shape index (κ3) is 5.14. The van der Waals surface area contributed by atoms with Gasteiger partial charge in [-0.3, -0.25) is 0 Å². The summed E-state index contributed by atoms with van der Waals surface area (Å²) in [6, 6.07) is 8.42. The molecule has 3 aromatic heterocycles. The molecule has 0 bridgehead atoms. The minimum absolute atomic E-state index is 0.496. The Kier molecular flexibility index (Phi) is 6.19. The Morgan fingerprint density at radius 2 is 1.88 bits per heavy atom. The van der Waals surface area contributed by atoms with Crippen molar-refractivity contribution in [2.45, 2.75) is 26.4 Å². The zero-order valence-electron chi connectivity index (χ0n) is 14.4. The van der Waals surface area contributed by atoms with Crippen LogP contribution in [0, 0.1) is 6.92 Å². The highest BCUT2D eigenvalue weighted by atomic mass is 32.1. The van der Waals surface area contributed by atoms with Crippen molar-refractivity contribution in [3.05, 3.63) is 56.4 Å². The molecule has 0 saturated heterocycles. The van der Waals surface area contributed by atoms with E-state index in [-0.39, 0.29) is 0 Å². The van der Waals surface area contributed by atoms with E-state index in [0.717, 1.165) is 37.1 Å². The molecule has 0 amide bonds. The molecule has 0 fully saturated rings. The molecule has 132 valence electrons. The lowest BCUT2D eigenvalue weighted by molar-refractivity contribution is 0.751. The molecule has 0 radical (unpaired) electrons. The minimum atomic E-state index is 0.496. The summed E-state index contributed by atoms with van der Waals surface area (Å²) in [5.41, 5.74) is 0. The number of nitrogens with one attached hydrogen (secondary N) is 2. The number of thiophene rings is 2. The van der Waals surface area contributed by atoms with Gasteiger partial charge in [-0.2, -0.15) is 0 Å². The van der Waals surface area contributed by atoms with Crippen LogP contribution in [0.1, 0.15) is 21.4 Å². The lowest BCUT2D eigenvalue weighted by atomic mass is 10.3. The molecular weight excluding hydrogens is 352 g/mol. The van der Waals surface area contributed by atoms with E-state index in [1.807, 2.05) is 18.5 Å². The molecule has 0 aromatic carbocycles. The first-order chi connectivity index (χ1) is 12.2. The summed E-state index contributed by atoms with van der Waals surface area (Å²) in [4.78, 5) is 7.31. The molecule has 3 heterocycles. The van der Waals surface area contributed by atoms with Crippen molar-refractivity contribution >= 4 is 28.6 Å². The van der Waals surface area contributed by atoms with Gasteiger partial charge in [-0.25, -0.2) is 4.99 Å². The molecule has 25 heavy (non-hydrogen) atoms. The van der Waals surface area contributed by atoms with Crippen molar-refractivity contribution in [2.75, 3.05) is 6.54 Å². The highest BCUT2D eigenvalue weighted by Crippen LogP contribution is 2.09. The molecular formula is C17H22N6S2. The van der Waals surface area contributed by atoms with Crippen LogP contribution in [0.5, 0.6) is 0 Å². The summed E-state index contributed by atoms with van der Waals surface area (Å²) < 4.78 is 1.96. The molecule has 0 aliphatic heterocycles. The second-order valence-electron chi connectivity index (χ2n) is 5.58. The van der Waals surface area contributed by atoms with Gasteiger partial charge in [0.15, 0.2) is 11.8 Å². The Morgan fingerprint density at radius 3 is 2.52 bits per heavy atom. The van der Waals surface area contributed by atoms with E-state index in [9.17, 15) is 0 Å². The van der Waals surface area contributed by atoms with Crippen LogP contribution in [-0.2, 0) is 26.6 Å². The monoisotopic (exact) mass is 374 g/mol. The van der Waals surface area contributed by atoms with E-state index < -0.39 is 0 Å². The van der Waals surface area contributed by atoms with Gasteiger partial charge >= 0.3 is 0 Å². The van der Waals surface area contributed by atoms with Crippen molar-refractivity contribution in [2.24, 2.45) is 12.0 Å². The van der Waals surface area contributed by atoms with Crippen LogP contribution in [-0.4, -0.2) is 27.3 Å². The van der Waals surface area contributed by atoms with Gasteiger partial charge in [0.05, 0.1) is 6.54 Å². The Hall–Kier alpha value is -2.19. The lowest BCUT2D eigenvalue weighted by Gasteiger charge is -2.12. The molecule has 6 nitrogen and oxygen atoms in total. The average molecular weight is 375 g/mol. The third-order valence-corrected chi connectivity index (χ3v) is 5.63. The van der Waals surface area contributed by atoms with Gasteiger partial charge < -0.3 is 15.2 Å². The molecule has 0 aliphatic carbocycles. The molecule has 3 rings (SSSR count). The van der Waals surface area contributed by atoms with Gasteiger partial charge in [0.25, 0.3) is 0 Å². The van der Waals surface area contributed by atoms with Crippen LogP contribution in [0.15, 0.2) is 40.0 Å². The summed E-state index contributed by atoms with van der Waals surface area (Å²) in [5.74, 6) is 2.54. The number of hydrogen-bond acceptors (Lipinski definition) is 5. The summed E-state index contributed by atoms with van der Waals surface area (Å²) in [6.45, 7) is 4.04. The first-order valence-corrected chi connectivity index (χ1v) is 9.90. The van der Waals surface area contributed by atoms with Crippen molar-refractivity contribution < 1.29 is 0 Å². The predicted octanol–water partition coefficient (Wildman–Crippen LogP) is 2.72. The predicted molar refractivity (Wildman–Crippen MR) is 104 cm³/mol. The van der Waals surface area contributed by atoms with E-state index in [0.29, 0.717) is 6.54 Å². The fraction of sp³-hybridized carbons (Fsp3) is 0.353. The van der Waals surface area contributed by atoms with E-state index in [4.69, 9.17) is 0 Å². The molecule has 0 spiro atoms. The maximum Gasteiger partial charge on any atom is 0.192 e. The van der Waals surface area contributed by atoms with Gasteiger partial charge in [0, 0.05) is 23.3 Å². The van der Waals surface area contributed by atoms with E-state index >= 15 is 0 Å². The molecule has 0 saturated carbocycles. The highest BCUT2D eigenvalue weighted by molar-refractivity contribution is 7.10. The number of guanidine groups is 1. The van der Waals surface area contributed by atoms with Crippen LogP contribution in [0.3, 0.4) is 0 Å². The second kappa shape index (κ2) is 8.77. The zero-order valence-corrected chi connectivity index (χ0v) is 16.0. The first kappa shape index (κ1) is 17.6. The lowest BCUT2D eigenvalue weighted by Crippen LogP contribution is -2.38. The van der Waals surface area contributed by atoms with Gasteiger partial charge in [-0.05, 0) is 36.2 Å². The SMILES string of the molecule is Cc1nnc(CN=C(NCCc2cccs2)NCc2cccs2)n1C. The van der Waals surface area contributed by atoms with Crippen molar-refractivity contribution in [1.29, 1.82) is 0 Å². The van der Waals surface area contributed by atoms with Crippen molar-refractivity contribution in [3.8, 4) is 0 Å². The van der Waals surface area contributed by atoms with E-state index in [2.05, 4.69) is 60.8 Å². The Labute approximate surface area is 155 Å². The zero-order chi connectivity index (χ0) is 17.5. The largest absolute Gasteiger partial charge is 0.356 e. The summed E-state index contributed by atoms with van der Waals surface area (Å²) in [5, 5.41) is 19.2. The van der Waals surface area contributed by atoms with E-state index in [1.165, 1.54) is 9.75 Å². The van der Waals surface area contributed by atoms with Gasteiger partial charge in [-0.15, -0.1) is 32.9 Å². The highest BCUT2D eigenvalue weighted by Gasteiger charge is 2.06. The van der Waals surface area contributed by atoms with Crippen LogP contribution in [0.2, 0.25) is 0 Å². The molecule has 2 N–H and O–H groups in total. The number of aryl methyl sites for hydroxylation is 1. The summed E-state index contributed by atoms with van der Waals surface area (Å²) >= 11 is 3.52. The van der Waals surface area contributed by atoms with Crippen molar-refractivity contribution in [3.63, 3.8) is 0 Å². The van der Waals surface area contributed by atoms with Gasteiger partial charge in [-0.1, -0.05) is 12.1 Å². The number of rotatable bonds is 7. The van der Waals surface area contributed by atoms with Crippen LogP contribution < -0.4 is 10.6 Å². The van der Waals surface area contributed by atoms with Crippen LogP contribution >= 0.6 is 22.7 Å². The number of aliphatic imine (C=N–C) groups is 1. The quantitative estimate of drug-likeness (QED) is 0.493. The Morgan fingerprint density at radius 1 is 1.12 bits per heavy atom. The second-order valence-corrected chi connectivity index (χ2v) is 7.64. The molecule has 8 heteroatoms. The minimum Gasteiger partial charge on any atom is -0.356 e. The maximum atomic E-state index is 4.67. The Bertz CT molecular complexity index is 789. The smallest absolute Gasteiger partial charge is 0.192 e. The number of nitrogens with zero attached hydrogens (tertiary/aromatic N) is 4. The van der Waals surface area contributed by atoms with Gasteiger partial charge in [0.1, 0.15) is 12.4 Å².